The van der Waals surface area contributed by atoms with E-state index in [0.29, 0.717) is 5.69 Å². The molecule has 5 nitrogen and oxygen atoms in total. The molecule has 1 aromatic rings. The standard InChI is InChI=1S/C8H11N3O2/c1-6-3-4-9-5-7(6)10-8(12)11-13-2/h3-5H,1-2H3,(H2,10,11,12). The van der Waals surface area contributed by atoms with E-state index in [1.54, 1.807) is 12.4 Å². The first-order chi connectivity index (χ1) is 6.24. The van der Waals surface area contributed by atoms with Gasteiger partial charge in [0.2, 0.25) is 0 Å². The first-order valence-corrected chi connectivity index (χ1v) is 3.74. The number of hydrogen-bond donors (Lipinski definition) is 2. The monoisotopic (exact) mass is 181 g/mol. The summed E-state index contributed by atoms with van der Waals surface area (Å²) in [4.78, 5) is 19.3. The molecule has 0 spiro atoms. The van der Waals surface area contributed by atoms with Gasteiger partial charge >= 0.3 is 6.03 Å². The predicted octanol–water partition coefficient (Wildman–Crippen LogP) is 1.07. The zero-order valence-electron chi connectivity index (χ0n) is 7.50. The van der Waals surface area contributed by atoms with Crippen LogP contribution in [0.5, 0.6) is 0 Å². The zero-order chi connectivity index (χ0) is 9.68. The van der Waals surface area contributed by atoms with Gasteiger partial charge in [0, 0.05) is 6.20 Å². The minimum absolute atomic E-state index is 0.418. The van der Waals surface area contributed by atoms with Crippen LogP contribution in [0, 0.1) is 6.92 Å². The first kappa shape index (κ1) is 9.47. The van der Waals surface area contributed by atoms with Crippen molar-refractivity contribution in [2.24, 2.45) is 0 Å². The Hall–Kier alpha value is -1.62. The molecular weight excluding hydrogens is 170 g/mol. The fourth-order valence-corrected chi connectivity index (χ4v) is 0.835. The molecule has 0 unspecified atom stereocenters. The highest BCUT2D eigenvalue weighted by molar-refractivity contribution is 5.89. The van der Waals surface area contributed by atoms with Gasteiger partial charge < -0.3 is 5.32 Å². The number of nitrogens with zero attached hydrogens (tertiary/aromatic N) is 1. The summed E-state index contributed by atoms with van der Waals surface area (Å²) in [7, 11) is 1.37. The maximum absolute atomic E-state index is 11.0. The molecule has 70 valence electrons. The molecule has 0 bridgehead atoms. The Morgan fingerprint density at radius 1 is 1.62 bits per heavy atom. The van der Waals surface area contributed by atoms with Crippen LogP contribution in [0.4, 0.5) is 10.5 Å². The van der Waals surface area contributed by atoms with Crippen LogP contribution < -0.4 is 10.8 Å². The number of pyridine rings is 1. The molecule has 13 heavy (non-hydrogen) atoms. The number of aromatic nitrogens is 1. The second kappa shape index (κ2) is 4.42. The molecule has 0 saturated heterocycles. The Bertz CT molecular complexity index is 301. The fraction of sp³-hybridized carbons (Fsp3) is 0.250. The van der Waals surface area contributed by atoms with E-state index in [4.69, 9.17) is 0 Å². The van der Waals surface area contributed by atoms with E-state index >= 15 is 0 Å². The number of aryl methyl sites for hydroxylation is 1. The molecular formula is C8H11N3O2. The van der Waals surface area contributed by atoms with Crippen molar-refractivity contribution in [3.05, 3.63) is 24.0 Å². The minimum Gasteiger partial charge on any atom is -0.304 e. The molecule has 0 radical (unpaired) electrons. The number of rotatable bonds is 2. The van der Waals surface area contributed by atoms with E-state index in [0.717, 1.165) is 5.56 Å². The molecule has 0 aliphatic rings. The Kier molecular flexibility index (Phi) is 3.22. The highest BCUT2D eigenvalue weighted by atomic mass is 16.6. The molecule has 5 heteroatoms. The van der Waals surface area contributed by atoms with Gasteiger partial charge in [-0.2, -0.15) is 0 Å². The van der Waals surface area contributed by atoms with Crippen LogP contribution in [0.1, 0.15) is 5.56 Å². The lowest BCUT2D eigenvalue weighted by molar-refractivity contribution is 0.114. The molecule has 0 aliphatic carbocycles. The summed E-state index contributed by atoms with van der Waals surface area (Å²) >= 11 is 0. The second-order valence-corrected chi connectivity index (χ2v) is 2.45. The minimum atomic E-state index is -0.418. The van der Waals surface area contributed by atoms with Crippen molar-refractivity contribution in [1.82, 2.24) is 10.5 Å². The number of urea groups is 1. The van der Waals surface area contributed by atoms with Gasteiger partial charge in [0.1, 0.15) is 0 Å². The van der Waals surface area contributed by atoms with Crippen molar-refractivity contribution in [1.29, 1.82) is 0 Å². The molecule has 2 N–H and O–H groups in total. The molecule has 1 aromatic heterocycles. The van der Waals surface area contributed by atoms with E-state index in [2.05, 4.69) is 20.6 Å². The van der Waals surface area contributed by atoms with Crippen LogP contribution >= 0.6 is 0 Å². The smallest absolute Gasteiger partial charge is 0.304 e. The molecule has 0 saturated carbocycles. The van der Waals surface area contributed by atoms with Gasteiger partial charge in [-0.15, -0.1) is 0 Å². The van der Waals surface area contributed by atoms with Gasteiger partial charge in [-0.1, -0.05) is 0 Å². The normalized spacial score (nSPS) is 9.38. The van der Waals surface area contributed by atoms with Crippen molar-refractivity contribution in [2.75, 3.05) is 12.4 Å². The van der Waals surface area contributed by atoms with Gasteiger partial charge in [0.05, 0.1) is 19.0 Å². The Labute approximate surface area is 76.1 Å². The van der Waals surface area contributed by atoms with Crippen LogP contribution in [0.25, 0.3) is 0 Å². The number of carbonyl (C=O) groups is 1. The first-order valence-electron chi connectivity index (χ1n) is 3.74. The molecule has 0 aliphatic heterocycles. The third-order valence-electron chi connectivity index (χ3n) is 1.48. The maximum Gasteiger partial charge on any atom is 0.343 e. The number of hydroxylamine groups is 1. The highest BCUT2D eigenvalue weighted by Crippen LogP contribution is 2.10. The SMILES string of the molecule is CONC(=O)Nc1cnccc1C. The average molecular weight is 181 g/mol. The predicted molar refractivity (Wildman–Crippen MR) is 48.1 cm³/mol. The van der Waals surface area contributed by atoms with Crippen LogP contribution in [0.3, 0.4) is 0 Å². The summed E-state index contributed by atoms with van der Waals surface area (Å²) in [6.45, 7) is 1.88. The van der Waals surface area contributed by atoms with E-state index in [-0.39, 0.29) is 0 Å². The lowest BCUT2D eigenvalue weighted by Crippen LogP contribution is -2.27. The van der Waals surface area contributed by atoms with E-state index < -0.39 is 6.03 Å². The molecule has 0 atom stereocenters. The summed E-state index contributed by atoms with van der Waals surface area (Å²) in [5.74, 6) is 0. The Balaban J connectivity index is 2.63. The van der Waals surface area contributed by atoms with E-state index in [9.17, 15) is 4.79 Å². The summed E-state index contributed by atoms with van der Waals surface area (Å²) in [6, 6.07) is 1.39. The van der Waals surface area contributed by atoms with Crippen molar-refractivity contribution >= 4 is 11.7 Å². The number of anilines is 1. The third kappa shape index (κ3) is 2.72. The van der Waals surface area contributed by atoms with Gasteiger partial charge in [-0.25, -0.2) is 10.3 Å². The molecule has 0 fully saturated rings. The topological polar surface area (TPSA) is 63.2 Å². The summed E-state index contributed by atoms with van der Waals surface area (Å²) in [6.07, 6.45) is 3.24. The third-order valence-corrected chi connectivity index (χ3v) is 1.48. The molecule has 1 heterocycles. The molecule has 1 rings (SSSR count). The summed E-state index contributed by atoms with van der Waals surface area (Å²) in [5.41, 5.74) is 3.75. The number of carbonyl (C=O) groups excluding carboxylic acids is 1. The summed E-state index contributed by atoms with van der Waals surface area (Å²) in [5, 5.41) is 2.57. The van der Waals surface area contributed by atoms with Crippen molar-refractivity contribution in [3.8, 4) is 0 Å². The van der Waals surface area contributed by atoms with Crippen LogP contribution in [-0.4, -0.2) is 18.1 Å². The fourth-order valence-electron chi connectivity index (χ4n) is 0.835. The van der Waals surface area contributed by atoms with Gasteiger partial charge in [-0.3, -0.25) is 9.82 Å². The van der Waals surface area contributed by atoms with Crippen LogP contribution in [0.2, 0.25) is 0 Å². The number of nitrogens with one attached hydrogen (secondary N) is 2. The lowest BCUT2D eigenvalue weighted by atomic mass is 10.2. The number of amides is 2. The largest absolute Gasteiger partial charge is 0.343 e. The quantitative estimate of drug-likeness (QED) is 0.671. The van der Waals surface area contributed by atoms with Gasteiger partial charge in [0.15, 0.2) is 0 Å². The van der Waals surface area contributed by atoms with Crippen molar-refractivity contribution in [3.63, 3.8) is 0 Å². The second-order valence-electron chi connectivity index (χ2n) is 2.45. The van der Waals surface area contributed by atoms with Crippen LogP contribution in [0.15, 0.2) is 18.5 Å². The lowest BCUT2D eigenvalue weighted by Gasteiger charge is -2.06. The Morgan fingerprint density at radius 3 is 3.00 bits per heavy atom. The van der Waals surface area contributed by atoms with Crippen LogP contribution in [-0.2, 0) is 4.84 Å². The number of hydrogen-bond acceptors (Lipinski definition) is 3. The molecule has 2 amide bonds. The average Bonchev–Trinajstić information content (AvgIpc) is 2.09. The maximum atomic E-state index is 11.0. The van der Waals surface area contributed by atoms with E-state index in [1.807, 2.05) is 13.0 Å². The van der Waals surface area contributed by atoms with E-state index in [1.165, 1.54) is 7.11 Å². The highest BCUT2D eigenvalue weighted by Gasteiger charge is 2.02. The van der Waals surface area contributed by atoms with Crippen molar-refractivity contribution in [2.45, 2.75) is 6.92 Å². The van der Waals surface area contributed by atoms with Crippen molar-refractivity contribution < 1.29 is 9.63 Å². The Morgan fingerprint density at radius 2 is 2.38 bits per heavy atom. The summed E-state index contributed by atoms with van der Waals surface area (Å²) < 4.78 is 0. The molecule has 0 aromatic carbocycles. The zero-order valence-corrected chi connectivity index (χ0v) is 7.50. The van der Waals surface area contributed by atoms with Gasteiger partial charge in [0.25, 0.3) is 0 Å². The van der Waals surface area contributed by atoms with Gasteiger partial charge in [-0.05, 0) is 18.6 Å².